The van der Waals surface area contributed by atoms with E-state index >= 15 is 0 Å². The van der Waals surface area contributed by atoms with Gasteiger partial charge in [-0.05, 0) is 6.37 Å². The smallest absolute Gasteiger partial charge is 0.106 e. The summed E-state index contributed by atoms with van der Waals surface area (Å²) in [6.45, 7) is -2.80. The zero-order valence-corrected chi connectivity index (χ0v) is 4.75. The molecule has 0 aliphatic rings. The number of hydrogen-bond donors (Lipinski definition) is 1. The third kappa shape index (κ3) is 0.980. The van der Waals surface area contributed by atoms with Crippen molar-refractivity contribution in [2.24, 2.45) is 0 Å². The Hall–Kier alpha value is -0.570. The molecular formula is C5H8N2S. The van der Waals surface area contributed by atoms with Gasteiger partial charge in [0.25, 0.3) is 0 Å². The number of anilines is 1. The molecule has 44 valence electrons. The van der Waals surface area contributed by atoms with Crippen LogP contribution in [0.3, 0.4) is 0 Å². The van der Waals surface area contributed by atoms with Crippen LogP contribution < -0.4 is 5.73 Å². The number of nitrogens with zero attached hydrogens (tertiary/aromatic N) is 1. The Balaban J connectivity index is 3.16. The second-order valence-corrected chi connectivity index (χ2v) is 2.15. The molecule has 8 heavy (non-hydrogen) atoms. The molecule has 0 radical (unpaired) electrons. The molecule has 0 aliphatic carbocycles. The van der Waals surface area contributed by atoms with Gasteiger partial charge in [0.05, 0.1) is 12.6 Å². The summed E-state index contributed by atoms with van der Waals surface area (Å²) in [5, 5.41) is -0.256. The minimum absolute atomic E-state index is 0.0214. The number of aryl methyl sites for hydroxylation is 1. The topological polar surface area (TPSA) is 38.9 Å². The van der Waals surface area contributed by atoms with Gasteiger partial charge in [0.2, 0.25) is 0 Å². The number of nitrogens with two attached hydrogens (primary N) is 1. The van der Waals surface area contributed by atoms with Crippen molar-refractivity contribution in [3.8, 4) is 0 Å². The van der Waals surface area contributed by atoms with Gasteiger partial charge in [0, 0.05) is 6.85 Å². The minimum Gasteiger partial charge on any atom is -0.389 e. The van der Waals surface area contributed by atoms with Crippen molar-refractivity contribution in [3.05, 3.63) is 11.2 Å². The third-order valence-corrected chi connectivity index (χ3v) is 1.28. The summed E-state index contributed by atoms with van der Waals surface area (Å²) in [4.78, 5) is 3.47. The minimum atomic E-state index is -2.80. The fourth-order valence-electron chi connectivity index (χ4n) is 0.309. The predicted octanol–water partition coefficient (Wildman–Crippen LogP) is 1.29. The first-order valence-corrected chi connectivity index (χ1v) is 2.71. The Morgan fingerprint density at radius 3 is 3.75 bits per heavy atom. The second-order valence-electron chi connectivity index (χ2n) is 1.12. The van der Waals surface area contributed by atoms with Crippen LogP contribution in [0.15, 0.2) is 6.17 Å². The maximum absolute atomic E-state index is 7.34. The van der Waals surface area contributed by atoms with Crippen LogP contribution in [-0.2, 0) is 6.37 Å². The number of aromatic nitrogens is 1. The molecule has 0 spiro atoms. The monoisotopic (exact) mass is 134 g/mol. The predicted molar refractivity (Wildman–Crippen MR) is 35.9 cm³/mol. The average molecular weight is 134 g/mol. The van der Waals surface area contributed by atoms with E-state index in [4.69, 9.17) is 14.0 Å². The van der Waals surface area contributed by atoms with E-state index in [0.29, 0.717) is 11.3 Å². The zero-order chi connectivity index (χ0) is 11.1. The highest BCUT2D eigenvalue weighted by molar-refractivity contribution is 7.15. The van der Waals surface area contributed by atoms with Crippen molar-refractivity contribution in [2.75, 3.05) is 5.73 Å². The maximum Gasteiger partial charge on any atom is 0.106 e. The molecule has 0 unspecified atom stereocenters. The molecule has 0 bridgehead atoms. The highest BCUT2D eigenvalue weighted by Gasteiger charge is 1.92. The van der Waals surface area contributed by atoms with Crippen LogP contribution in [0.1, 0.15) is 20.1 Å². The maximum atomic E-state index is 7.34. The summed E-state index contributed by atoms with van der Waals surface area (Å²) < 4.78 is 42.8. The van der Waals surface area contributed by atoms with Gasteiger partial charge in [-0.15, -0.1) is 11.3 Å². The van der Waals surface area contributed by atoms with E-state index in [9.17, 15) is 0 Å². The van der Waals surface area contributed by atoms with Crippen molar-refractivity contribution in [3.63, 3.8) is 0 Å². The summed E-state index contributed by atoms with van der Waals surface area (Å²) in [5.41, 5.74) is 5.30. The molecule has 0 fully saturated rings. The molecule has 1 aromatic rings. The van der Waals surface area contributed by atoms with Gasteiger partial charge in [-0.1, -0.05) is 6.85 Å². The van der Waals surface area contributed by atoms with E-state index in [-0.39, 0.29) is 16.2 Å². The molecule has 0 saturated carbocycles. The summed E-state index contributed by atoms with van der Waals surface area (Å²) in [6, 6.07) is 0. The Labute approximate surface area is 60.8 Å². The van der Waals surface area contributed by atoms with Gasteiger partial charge < -0.3 is 5.73 Å². The molecule has 3 heteroatoms. The molecule has 1 rings (SSSR count). The quantitative estimate of drug-likeness (QED) is 0.628. The summed E-state index contributed by atoms with van der Waals surface area (Å²) in [5.74, 6) is 0. The number of hydrogen-bond acceptors (Lipinski definition) is 3. The number of nitrogen functional groups attached to an aromatic ring is 1. The Bertz CT molecular complexity index is 323. The number of rotatable bonds is 1. The van der Waals surface area contributed by atoms with Crippen LogP contribution in [-0.4, -0.2) is 4.98 Å². The normalized spacial score (nSPS) is 24.0. The second kappa shape index (κ2) is 2.13. The van der Waals surface area contributed by atoms with Crippen LogP contribution in [0.25, 0.3) is 0 Å². The molecule has 0 amide bonds. The number of thiazole rings is 1. The van der Waals surface area contributed by atoms with Gasteiger partial charge in [0.15, 0.2) is 0 Å². The average Bonchev–Trinajstić information content (AvgIpc) is 2.30. The largest absolute Gasteiger partial charge is 0.389 e. The fraction of sp³-hybridized carbons (Fsp3) is 0.400. The first-order valence-electron chi connectivity index (χ1n) is 4.89. The van der Waals surface area contributed by atoms with E-state index in [2.05, 4.69) is 4.98 Å². The molecule has 1 heterocycles. The van der Waals surface area contributed by atoms with E-state index in [1.807, 2.05) is 0 Å². The summed E-state index contributed by atoms with van der Waals surface area (Å²) >= 11 is 0.692. The standard InChI is InChI=1S/C5H8N2S/c1-2-5-7-3-4(6)8-5/h3H,2,6H2,1H3/i1D3,2D2,3D. The molecule has 0 atom stereocenters. The Kier molecular flexibility index (Phi) is 0.454. The van der Waals surface area contributed by atoms with Crippen molar-refractivity contribution < 1.29 is 8.22 Å². The van der Waals surface area contributed by atoms with Gasteiger partial charge in [-0.25, -0.2) is 4.98 Å². The van der Waals surface area contributed by atoms with Crippen molar-refractivity contribution in [1.82, 2.24) is 4.98 Å². The molecular weight excluding hydrogens is 120 g/mol. The highest BCUT2D eigenvalue weighted by atomic mass is 32.1. The van der Waals surface area contributed by atoms with Crippen LogP contribution >= 0.6 is 11.3 Å². The summed E-state index contributed by atoms with van der Waals surface area (Å²) in [6.07, 6.45) is -2.83. The van der Waals surface area contributed by atoms with E-state index in [1.165, 1.54) is 0 Å². The molecule has 2 N–H and O–H groups in total. The van der Waals surface area contributed by atoms with E-state index < -0.39 is 13.2 Å². The Morgan fingerprint density at radius 1 is 2.38 bits per heavy atom. The first-order chi connectivity index (χ1) is 6.16. The molecule has 0 aliphatic heterocycles. The van der Waals surface area contributed by atoms with Crippen molar-refractivity contribution >= 4 is 16.3 Å². The lowest BCUT2D eigenvalue weighted by Crippen LogP contribution is -1.73. The van der Waals surface area contributed by atoms with Crippen LogP contribution in [0.5, 0.6) is 0 Å². The molecule has 0 saturated heterocycles. The van der Waals surface area contributed by atoms with Crippen molar-refractivity contribution in [2.45, 2.75) is 13.2 Å². The van der Waals surface area contributed by atoms with Crippen LogP contribution in [0, 0.1) is 0 Å². The lowest BCUT2D eigenvalue weighted by atomic mass is 10.5. The molecule has 0 aromatic carbocycles. The van der Waals surface area contributed by atoms with Crippen LogP contribution in [0.4, 0.5) is 5.00 Å². The van der Waals surface area contributed by atoms with E-state index in [0.717, 1.165) is 0 Å². The lowest BCUT2D eigenvalue weighted by Gasteiger charge is -1.78. The van der Waals surface area contributed by atoms with Gasteiger partial charge >= 0.3 is 0 Å². The Morgan fingerprint density at radius 2 is 3.25 bits per heavy atom. The summed E-state index contributed by atoms with van der Waals surface area (Å²) in [7, 11) is 0. The van der Waals surface area contributed by atoms with Gasteiger partial charge in [0.1, 0.15) is 5.00 Å². The van der Waals surface area contributed by atoms with E-state index in [1.54, 1.807) is 0 Å². The molecule has 1 aromatic heterocycles. The van der Waals surface area contributed by atoms with Crippen molar-refractivity contribution in [1.29, 1.82) is 0 Å². The molecule has 2 nitrogen and oxygen atoms in total. The first kappa shape index (κ1) is 1.70. The van der Waals surface area contributed by atoms with Crippen LogP contribution in [0.2, 0.25) is 0 Å². The fourth-order valence-corrected chi connectivity index (χ4v) is 0.751. The van der Waals surface area contributed by atoms with Gasteiger partial charge in [-0.2, -0.15) is 0 Å². The SMILES string of the molecule is [2H]c1nc(C([2H])([2H])C([2H])([2H])[2H])sc1N. The third-order valence-electron chi connectivity index (χ3n) is 0.581. The highest BCUT2D eigenvalue weighted by Crippen LogP contribution is 2.13. The van der Waals surface area contributed by atoms with Gasteiger partial charge in [-0.3, -0.25) is 0 Å². The lowest BCUT2D eigenvalue weighted by molar-refractivity contribution is 1.09. The zero-order valence-electron chi connectivity index (χ0n) is 9.93.